The first kappa shape index (κ1) is 21.3. The maximum Gasteiger partial charge on any atom is 0.305 e. The summed E-state index contributed by atoms with van der Waals surface area (Å²) in [4.78, 5) is 25.5. The minimum atomic E-state index is -0.141. The standard InChI is InChI=1S/C21H35NO3S/c1-17(8-10-18-11-12-18)9-13-19-5-3-6-20(23)22(19)14-16-26-15-4-7-21(24)25-2/h9,13,17-19H,3-8,10-12,14-16H2,1-2H3/b13-9+/t17-,19+/m0/s1. The van der Waals surface area contributed by atoms with Gasteiger partial charge in [-0.2, -0.15) is 11.8 Å². The highest BCUT2D eigenvalue weighted by molar-refractivity contribution is 7.99. The van der Waals surface area contributed by atoms with E-state index in [9.17, 15) is 9.59 Å². The number of ether oxygens (including phenoxy) is 1. The van der Waals surface area contributed by atoms with Crippen LogP contribution in [0.25, 0.3) is 0 Å². The molecule has 1 amide bonds. The van der Waals surface area contributed by atoms with Gasteiger partial charge in [0.2, 0.25) is 5.91 Å². The van der Waals surface area contributed by atoms with Crippen LogP contribution in [0.15, 0.2) is 12.2 Å². The van der Waals surface area contributed by atoms with Gasteiger partial charge in [0, 0.05) is 25.1 Å². The number of methoxy groups -OCH3 is 1. The first-order valence-corrected chi connectivity index (χ1v) is 11.4. The third kappa shape index (κ3) is 8.15. The maximum atomic E-state index is 12.3. The lowest BCUT2D eigenvalue weighted by atomic mass is 9.97. The second kappa shape index (κ2) is 11.7. The summed E-state index contributed by atoms with van der Waals surface area (Å²) in [6, 6.07) is 0.273. The molecule has 1 aliphatic carbocycles. The number of esters is 1. The summed E-state index contributed by atoms with van der Waals surface area (Å²) in [5.41, 5.74) is 0. The molecule has 2 fully saturated rings. The molecule has 26 heavy (non-hydrogen) atoms. The molecule has 0 aromatic rings. The number of amides is 1. The SMILES string of the molecule is COC(=O)CCCSCCN1C(=O)CCC[C@@H]1/C=C/[C@@H](C)CCC1CC1. The molecule has 1 heterocycles. The van der Waals surface area contributed by atoms with Crippen LogP contribution in [0.4, 0.5) is 0 Å². The van der Waals surface area contributed by atoms with Crippen molar-refractivity contribution < 1.29 is 14.3 Å². The Hall–Kier alpha value is -0.970. The van der Waals surface area contributed by atoms with Crippen molar-refractivity contribution in [3.8, 4) is 0 Å². The average Bonchev–Trinajstić information content (AvgIpc) is 3.46. The van der Waals surface area contributed by atoms with Crippen LogP contribution in [0.1, 0.15) is 64.7 Å². The molecule has 0 radical (unpaired) electrons. The second-order valence-electron chi connectivity index (χ2n) is 7.72. The van der Waals surface area contributed by atoms with Crippen LogP contribution in [-0.4, -0.2) is 48.0 Å². The molecule has 2 rings (SSSR count). The molecule has 0 aromatic carbocycles. The van der Waals surface area contributed by atoms with Crippen molar-refractivity contribution in [3.63, 3.8) is 0 Å². The number of carbonyl (C=O) groups excluding carboxylic acids is 2. The Bertz CT molecular complexity index is 476. The molecule has 0 aromatic heterocycles. The van der Waals surface area contributed by atoms with Gasteiger partial charge in [-0.05, 0) is 49.7 Å². The monoisotopic (exact) mass is 381 g/mol. The number of likely N-dealkylation sites (tertiary alicyclic amines) is 1. The van der Waals surface area contributed by atoms with Gasteiger partial charge in [0.15, 0.2) is 0 Å². The number of rotatable bonds is 12. The lowest BCUT2D eigenvalue weighted by molar-refractivity contribution is -0.140. The molecule has 1 saturated carbocycles. The molecule has 1 aliphatic heterocycles. The number of allylic oxidation sites excluding steroid dienone is 1. The summed E-state index contributed by atoms with van der Waals surface area (Å²) in [7, 11) is 1.43. The van der Waals surface area contributed by atoms with Gasteiger partial charge < -0.3 is 9.64 Å². The van der Waals surface area contributed by atoms with Crippen molar-refractivity contribution in [3.05, 3.63) is 12.2 Å². The van der Waals surface area contributed by atoms with Crippen molar-refractivity contribution in [2.45, 2.75) is 70.8 Å². The first-order valence-electron chi connectivity index (χ1n) is 10.2. The normalized spacial score (nSPS) is 22.0. The Kier molecular flexibility index (Phi) is 9.58. The van der Waals surface area contributed by atoms with Gasteiger partial charge in [-0.1, -0.05) is 31.9 Å². The molecule has 0 N–H and O–H groups in total. The molecular weight excluding hydrogens is 346 g/mol. The molecule has 4 nitrogen and oxygen atoms in total. The van der Waals surface area contributed by atoms with Gasteiger partial charge in [-0.3, -0.25) is 9.59 Å². The van der Waals surface area contributed by atoms with Crippen LogP contribution in [0.2, 0.25) is 0 Å². The van der Waals surface area contributed by atoms with E-state index in [1.807, 2.05) is 11.8 Å². The van der Waals surface area contributed by atoms with Crippen LogP contribution < -0.4 is 0 Å². The first-order chi connectivity index (χ1) is 12.6. The summed E-state index contributed by atoms with van der Waals surface area (Å²) in [5.74, 6) is 3.64. The Morgan fingerprint density at radius 2 is 2.15 bits per heavy atom. The number of piperidine rings is 1. The van der Waals surface area contributed by atoms with E-state index in [0.29, 0.717) is 24.7 Å². The van der Waals surface area contributed by atoms with Crippen LogP contribution in [0, 0.1) is 11.8 Å². The van der Waals surface area contributed by atoms with Crippen LogP contribution >= 0.6 is 11.8 Å². The number of carbonyl (C=O) groups is 2. The van der Waals surface area contributed by atoms with Crippen molar-refractivity contribution in [2.24, 2.45) is 11.8 Å². The molecule has 0 spiro atoms. The van der Waals surface area contributed by atoms with Gasteiger partial charge in [-0.15, -0.1) is 0 Å². The maximum absolute atomic E-state index is 12.3. The zero-order valence-electron chi connectivity index (χ0n) is 16.5. The van der Waals surface area contributed by atoms with E-state index in [2.05, 4.69) is 28.7 Å². The predicted octanol–water partition coefficient (Wildman–Crippen LogP) is 4.44. The van der Waals surface area contributed by atoms with Gasteiger partial charge in [0.05, 0.1) is 13.2 Å². The molecule has 1 saturated heterocycles. The third-order valence-corrected chi connectivity index (χ3v) is 6.42. The van der Waals surface area contributed by atoms with Gasteiger partial charge in [-0.25, -0.2) is 0 Å². The average molecular weight is 382 g/mol. The van der Waals surface area contributed by atoms with Crippen LogP contribution in [0.5, 0.6) is 0 Å². The highest BCUT2D eigenvalue weighted by Gasteiger charge is 2.26. The topological polar surface area (TPSA) is 46.6 Å². The Morgan fingerprint density at radius 1 is 1.35 bits per heavy atom. The van der Waals surface area contributed by atoms with E-state index in [1.165, 1.54) is 32.8 Å². The molecule has 0 bridgehead atoms. The third-order valence-electron chi connectivity index (χ3n) is 5.37. The van der Waals surface area contributed by atoms with E-state index in [4.69, 9.17) is 0 Å². The van der Waals surface area contributed by atoms with Crippen molar-refractivity contribution in [2.75, 3.05) is 25.2 Å². The quantitative estimate of drug-likeness (QED) is 0.285. The zero-order chi connectivity index (χ0) is 18.8. The highest BCUT2D eigenvalue weighted by atomic mass is 32.2. The lowest BCUT2D eigenvalue weighted by Gasteiger charge is -2.34. The largest absolute Gasteiger partial charge is 0.469 e. The zero-order valence-corrected chi connectivity index (χ0v) is 17.3. The Labute approximate surface area is 163 Å². The number of hydrogen-bond acceptors (Lipinski definition) is 4. The summed E-state index contributed by atoms with van der Waals surface area (Å²) < 4.78 is 4.65. The molecule has 0 unspecified atom stereocenters. The van der Waals surface area contributed by atoms with Gasteiger partial charge in [0.25, 0.3) is 0 Å². The minimum absolute atomic E-state index is 0.141. The number of thioether (sulfide) groups is 1. The fraction of sp³-hybridized carbons (Fsp3) is 0.810. The molecule has 5 heteroatoms. The predicted molar refractivity (Wildman–Crippen MR) is 108 cm³/mol. The van der Waals surface area contributed by atoms with Crippen molar-refractivity contribution >= 4 is 23.6 Å². The summed E-state index contributed by atoms with van der Waals surface area (Å²) in [6.07, 6.45) is 14.2. The van der Waals surface area contributed by atoms with Gasteiger partial charge in [0.1, 0.15) is 0 Å². The highest BCUT2D eigenvalue weighted by Crippen LogP contribution is 2.34. The van der Waals surface area contributed by atoms with Crippen LogP contribution in [0.3, 0.4) is 0 Å². The smallest absolute Gasteiger partial charge is 0.305 e. The molecule has 2 atom stereocenters. The number of nitrogens with zero attached hydrogens (tertiary/aromatic N) is 1. The van der Waals surface area contributed by atoms with Gasteiger partial charge >= 0.3 is 5.97 Å². The molecular formula is C21H35NO3S. The van der Waals surface area contributed by atoms with Crippen molar-refractivity contribution in [1.82, 2.24) is 4.90 Å². The number of hydrogen-bond donors (Lipinski definition) is 0. The fourth-order valence-corrected chi connectivity index (χ4v) is 4.32. The second-order valence-corrected chi connectivity index (χ2v) is 8.95. The minimum Gasteiger partial charge on any atom is -0.469 e. The lowest BCUT2D eigenvalue weighted by Crippen LogP contribution is -2.43. The summed E-state index contributed by atoms with van der Waals surface area (Å²) >= 11 is 1.82. The van der Waals surface area contributed by atoms with E-state index >= 15 is 0 Å². The Morgan fingerprint density at radius 3 is 2.88 bits per heavy atom. The fourth-order valence-electron chi connectivity index (χ4n) is 3.44. The van der Waals surface area contributed by atoms with E-state index in [1.54, 1.807) is 0 Å². The summed E-state index contributed by atoms with van der Waals surface area (Å²) in [5, 5.41) is 0. The van der Waals surface area contributed by atoms with Crippen LogP contribution in [-0.2, 0) is 14.3 Å². The van der Waals surface area contributed by atoms with Crippen molar-refractivity contribution in [1.29, 1.82) is 0 Å². The molecule has 2 aliphatic rings. The van der Waals surface area contributed by atoms with E-state index in [0.717, 1.165) is 43.2 Å². The summed E-state index contributed by atoms with van der Waals surface area (Å²) in [6.45, 7) is 3.11. The Balaban J connectivity index is 1.68. The molecule has 148 valence electrons. The van der Waals surface area contributed by atoms with E-state index in [-0.39, 0.29) is 12.0 Å². The van der Waals surface area contributed by atoms with E-state index < -0.39 is 0 Å².